The molecule has 0 fully saturated rings. The van der Waals surface area contributed by atoms with Gasteiger partial charge in [-0.15, -0.1) is 11.6 Å². The van der Waals surface area contributed by atoms with Crippen LogP contribution >= 0.6 is 11.6 Å². The fraction of sp³-hybridized carbons (Fsp3) is 0.0769. The quantitative estimate of drug-likeness (QED) is 0.176. The van der Waals surface area contributed by atoms with Crippen LogP contribution in [0.1, 0.15) is 26.9 Å². The maximum atomic E-state index is 12.8. The smallest absolute Gasteiger partial charge is 0.334 e. The number of benzene rings is 3. The van der Waals surface area contributed by atoms with E-state index in [0.29, 0.717) is 16.9 Å². The van der Waals surface area contributed by atoms with Gasteiger partial charge in [0.1, 0.15) is 11.5 Å². The number of halogens is 1. The number of rotatable bonds is 4. The number of hydrogen-bond acceptors (Lipinski definition) is 4. The van der Waals surface area contributed by atoms with Gasteiger partial charge in [-0.25, -0.2) is 4.79 Å². The minimum absolute atomic E-state index is 0.217. The number of para-hydroxylation sites is 1. The fourth-order valence-electron chi connectivity index (χ4n) is 3.79. The van der Waals surface area contributed by atoms with E-state index in [1.165, 1.54) is 6.07 Å². The SMILES string of the molecule is Cn1cc(/C=C2\Oc3cc(OC(=O)C(Cl)c4ccccc4)ccc3C2=O)c2ccccc21. The lowest BCUT2D eigenvalue weighted by atomic mass is 10.1. The molecular formula is C26H18ClNO4. The molecule has 5 nitrogen and oxygen atoms in total. The molecule has 5 rings (SSSR count). The van der Waals surface area contributed by atoms with Crippen molar-refractivity contribution in [3.05, 3.63) is 101 Å². The van der Waals surface area contributed by atoms with E-state index in [1.807, 2.05) is 48.1 Å². The minimum atomic E-state index is -0.936. The summed E-state index contributed by atoms with van der Waals surface area (Å²) in [6.07, 6.45) is 3.69. The van der Waals surface area contributed by atoms with Crippen LogP contribution < -0.4 is 9.47 Å². The molecule has 0 saturated heterocycles. The molecule has 0 saturated carbocycles. The van der Waals surface area contributed by atoms with E-state index < -0.39 is 11.3 Å². The highest BCUT2D eigenvalue weighted by atomic mass is 35.5. The molecule has 1 atom stereocenters. The molecule has 0 bridgehead atoms. The summed E-state index contributed by atoms with van der Waals surface area (Å²) in [4.78, 5) is 25.3. The second kappa shape index (κ2) is 8.02. The van der Waals surface area contributed by atoms with E-state index in [1.54, 1.807) is 42.5 Å². The Balaban J connectivity index is 1.39. The van der Waals surface area contributed by atoms with E-state index in [-0.39, 0.29) is 17.3 Å². The third-order valence-electron chi connectivity index (χ3n) is 5.37. The third kappa shape index (κ3) is 3.57. The number of allylic oxidation sites excluding steroid dienone is 1. The first-order valence-electron chi connectivity index (χ1n) is 10.0. The minimum Gasteiger partial charge on any atom is -0.452 e. The number of aromatic nitrogens is 1. The molecule has 0 spiro atoms. The van der Waals surface area contributed by atoms with Crippen molar-refractivity contribution < 1.29 is 19.1 Å². The normalized spacial score (nSPS) is 14.9. The van der Waals surface area contributed by atoms with Crippen LogP contribution in [0.4, 0.5) is 0 Å². The van der Waals surface area contributed by atoms with Gasteiger partial charge in [-0.1, -0.05) is 48.5 Å². The highest BCUT2D eigenvalue weighted by Crippen LogP contribution is 2.36. The number of Topliss-reactive ketones (excluding diaryl/α,β-unsaturated/α-hetero) is 1. The molecule has 2 heterocycles. The molecule has 3 aromatic carbocycles. The van der Waals surface area contributed by atoms with Gasteiger partial charge in [0.05, 0.1) is 5.56 Å². The summed E-state index contributed by atoms with van der Waals surface area (Å²) in [5.41, 5.74) is 3.01. The monoisotopic (exact) mass is 443 g/mol. The van der Waals surface area contributed by atoms with Crippen LogP contribution in [0.15, 0.2) is 84.8 Å². The third-order valence-corrected chi connectivity index (χ3v) is 5.80. The number of hydrogen-bond donors (Lipinski definition) is 0. The Bertz CT molecular complexity index is 1390. The van der Waals surface area contributed by atoms with Gasteiger partial charge >= 0.3 is 5.97 Å². The summed E-state index contributed by atoms with van der Waals surface area (Å²) < 4.78 is 13.2. The summed E-state index contributed by atoms with van der Waals surface area (Å²) in [6, 6.07) is 21.6. The van der Waals surface area contributed by atoms with E-state index >= 15 is 0 Å². The second-order valence-electron chi connectivity index (χ2n) is 7.50. The van der Waals surface area contributed by atoms with Crippen molar-refractivity contribution in [1.82, 2.24) is 4.57 Å². The zero-order chi connectivity index (χ0) is 22.2. The van der Waals surface area contributed by atoms with Crippen molar-refractivity contribution in [2.24, 2.45) is 7.05 Å². The summed E-state index contributed by atoms with van der Waals surface area (Å²) in [5.74, 6) is 0.00507. The molecule has 1 aliphatic heterocycles. The number of alkyl halides is 1. The number of esters is 1. The molecule has 1 unspecified atom stereocenters. The van der Waals surface area contributed by atoms with Gasteiger partial charge in [0, 0.05) is 35.8 Å². The van der Waals surface area contributed by atoms with Gasteiger partial charge in [0.2, 0.25) is 5.78 Å². The Morgan fingerprint density at radius 3 is 2.62 bits per heavy atom. The van der Waals surface area contributed by atoms with Gasteiger partial charge in [0.25, 0.3) is 0 Å². The van der Waals surface area contributed by atoms with Crippen molar-refractivity contribution in [2.45, 2.75) is 5.38 Å². The Hall–Kier alpha value is -3.83. The summed E-state index contributed by atoms with van der Waals surface area (Å²) in [6.45, 7) is 0. The molecule has 0 amide bonds. The average molecular weight is 444 g/mol. The standard InChI is InChI=1S/C26H18ClNO4/c1-28-15-17(19-9-5-6-10-21(19)28)13-23-25(29)20-12-11-18(14-22(20)32-23)31-26(30)24(27)16-7-3-2-4-8-16/h2-15,24H,1H3/b23-13-. The summed E-state index contributed by atoms with van der Waals surface area (Å²) in [5, 5.41) is 0.0902. The Kier molecular flexibility index (Phi) is 5.04. The van der Waals surface area contributed by atoms with Crippen LogP contribution in [0.3, 0.4) is 0 Å². The van der Waals surface area contributed by atoms with Crippen molar-refractivity contribution in [2.75, 3.05) is 0 Å². The predicted octanol–water partition coefficient (Wildman–Crippen LogP) is 5.68. The zero-order valence-corrected chi connectivity index (χ0v) is 17.9. The largest absolute Gasteiger partial charge is 0.452 e. The molecule has 32 heavy (non-hydrogen) atoms. The molecular weight excluding hydrogens is 426 g/mol. The predicted molar refractivity (Wildman–Crippen MR) is 123 cm³/mol. The average Bonchev–Trinajstić information content (AvgIpc) is 3.30. The van der Waals surface area contributed by atoms with Crippen LogP contribution in [-0.4, -0.2) is 16.3 Å². The molecule has 1 aromatic heterocycles. The number of fused-ring (bicyclic) bond motifs is 2. The van der Waals surface area contributed by atoms with Crippen LogP contribution in [0.25, 0.3) is 17.0 Å². The maximum absolute atomic E-state index is 12.8. The van der Waals surface area contributed by atoms with Gasteiger partial charge in [-0.05, 0) is 29.8 Å². The lowest BCUT2D eigenvalue weighted by molar-refractivity contribution is -0.134. The lowest BCUT2D eigenvalue weighted by Gasteiger charge is -2.10. The number of carbonyl (C=O) groups excluding carboxylic acids is 2. The van der Waals surface area contributed by atoms with Gasteiger partial charge in [0.15, 0.2) is 11.1 Å². The molecule has 0 N–H and O–H groups in total. The molecule has 0 aliphatic carbocycles. The topological polar surface area (TPSA) is 57.5 Å². The van der Waals surface area contributed by atoms with Crippen molar-refractivity contribution in [1.29, 1.82) is 0 Å². The highest BCUT2D eigenvalue weighted by Gasteiger charge is 2.29. The van der Waals surface area contributed by atoms with Gasteiger partial charge in [-0.3, -0.25) is 4.79 Å². The van der Waals surface area contributed by atoms with E-state index in [9.17, 15) is 9.59 Å². The first-order chi connectivity index (χ1) is 15.5. The Labute approximate surface area is 189 Å². The van der Waals surface area contributed by atoms with E-state index in [0.717, 1.165) is 16.5 Å². The van der Waals surface area contributed by atoms with Crippen LogP contribution in [0.2, 0.25) is 0 Å². The van der Waals surface area contributed by atoms with Crippen molar-refractivity contribution >= 4 is 40.3 Å². The van der Waals surface area contributed by atoms with Crippen molar-refractivity contribution in [3.63, 3.8) is 0 Å². The molecule has 158 valence electrons. The zero-order valence-electron chi connectivity index (χ0n) is 17.1. The molecule has 1 aliphatic rings. The Morgan fingerprint density at radius 2 is 1.81 bits per heavy atom. The van der Waals surface area contributed by atoms with Gasteiger partial charge in [-0.2, -0.15) is 0 Å². The van der Waals surface area contributed by atoms with Crippen LogP contribution in [-0.2, 0) is 11.8 Å². The van der Waals surface area contributed by atoms with Crippen LogP contribution in [0, 0.1) is 0 Å². The number of aryl methyl sites for hydroxylation is 1. The number of ketones is 1. The summed E-state index contributed by atoms with van der Waals surface area (Å²) in [7, 11) is 1.95. The first-order valence-corrected chi connectivity index (χ1v) is 10.5. The number of carbonyl (C=O) groups is 2. The van der Waals surface area contributed by atoms with E-state index in [2.05, 4.69) is 0 Å². The van der Waals surface area contributed by atoms with Crippen molar-refractivity contribution in [3.8, 4) is 11.5 Å². The molecule has 6 heteroatoms. The van der Waals surface area contributed by atoms with Crippen LogP contribution in [0.5, 0.6) is 11.5 Å². The Morgan fingerprint density at radius 1 is 1.06 bits per heavy atom. The van der Waals surface area contributed by atoms with Gasteiger partial charge < -0.3 is 14.0 Å². The first kappa shape index (κ1) is 20.1. The highest BCUT2D eigenvalue weighted by molar-refractivity contribution is 6.30. The lowest BCUT2D eigenvalue weighted by Crippen LogP contribution is -2.14. The molecule has 0 radical (unpaired) electrons. The molecule has 4 aromatic rings. The fourth-order valence-corrected chi connectivity index (χ4v) is 3.98. The summed E-state index contributed by atoms with van der Waals surface area (Å²) >= 11 is 6.24. The van der Waals surface area contributed by atoms with E-state index in [4.69, 9.17) is 21.1 Å². The number of nitrogens with zero attached hydrogens (tertiary/aromatic N) is 1. The number of ether oxygens (including phenoxy) is 2. The maximum Gasteiger partial charge on any atom is 0.334 e. The second-order valence-corrected chi connectivity index (χ2v) is 7.94.